The Morgan fingerprint density at radius 3 is 2.30 bits per heavy atom. The molecule has 4 rings (SSSR count). The van der Waals surface area contributed by atoms with Gasteiger partial charge in [0.15, 0.2) is 0 Å². The third kappa shape index (κ3) is 4.39. The molecule has 1 aliphatic heterocycles. The lowest BCUT2D eigenvalue weighted by Crippen LogP contribution is -2.47. The van der Waals surface area contributed by atoms with Crippen molar-refractivity contribution in [2.45, 2.75) is 19.8 Å². The summed E-state index contributed by atoms with van der Waals surface area (Å²) in [5.74, 6) is 0. The summed E-state index contributed by atoms with van der Waals surface area (Å²) in [5.41, 5.74) is 1.97. The van der Waals surface area contributed by atoms with Crippen LogP contribution in [0.5, 0.6) is 0 Å². The average molecular weight is 434 g/mol. The molecule has 0 aliphatic carbocycles. The van der Waals surface area contributed by atoms with E-state index in [2.05, 4.69) is 15.3 Å². The van der Waals surface area contributed by atoms with Gasteiger partial charge in [-0.05, 0) is 59.9 Å². The molecule has 0 radical (unpaired) electrons. The van der Waals surface area contributed by atoms with E-state index >= 15 is 0 Å². The Kier molecular flexibility index (Phi) is 5.61. The van der Waals surface area contributed by atoms with Crippen LogP contribution in [0.3, 0.4) is 0 Å². The molecule has 6 nitrogen and oxygen atoms in total. The first-order valence-corrected chi connectivity index (χ1v) is 9.96. The fourth-order valence-corrected chi connectivity index (χ4v) is 3.66. The van der Waals surface area contributed by atoms with Crippen LogP contribution in [0.25, 0.3) is 5.69 Å². The molecule has 3 aromatic rings. The lowest BCUT2D eigenvalue weighted by Gasteiger charge is -2.36. The predicted molar refractivity (Wildman–Crippen MR) is 110 cm³/mol. The summed E-state index contributed by atoms with van der Waals surface area (Å²) in [7, 11) is 0. The van der Waals surface area contributed by atoms with Crippen molar-refractivity contribution in [3.05, 3.63) is 64.4 Å². The summed E-state index contributed by atoms with van der Waals surface area (Å²) in [6.07, 6.45) is -4.34. The van der Waals surface area contributed by atoms with E-state index in [0.29, 0.717) is 43.3 Å². The molecule has 2 heterocycles. The number of hydrogen-bond donors (Lipinski definition) is 0. The van der Waals surface area contributed by atoms with Crippen LogP contribution in [0.15, 0.2) is 48.5 Å². The smallest absolute Gasteiger partial charge is 0.369 e. The molecular formula is C20H21F3N6S. The SMILES string of the molecule is Cc1ccc(-n2nnn(CN3CCN(c4cccc(C(F)(F)F)c4)CC3)c2=S)cc1. The van der Waals surface area contributed by atoms with Crippen LogP contribution in [0.2, 0.25) is 0 Å². The lowest BCUT2D eigenvalue weighted by atomic mass is 10.1. The molecule has 0 N–H and O–H groups in total. The van der Waals surface area contributed by atoms with Gasteiger partial charge < -0.3 is 4.90 Å². The van der Waals surface area contributed by atoms with E-state index in [9.17, 15) is 13.2 Å². The number of anilines is 1. The van der Waals surface area contributed by atoms with E-state index in [-0.39, 0.29) is 0 Å². The molecule has 2 aromatic carbocycles. The number of benzene rings is 2. The second-order valence-electron chi connectivity index (χ2n) is 7.30. The van der Waals surface area contributed by atoms with Crippen molar-refractivity contribution in [3.63, 3.8) is 0 Å². The van der Waals surface area contributed by atoms with Gasteiger partial charge in [-0.1, -0.05) is 23.8 Å². The Labute approximate surface area is 177 Å². The number of aromatic nitrogens is 4. The minimum atomic E-state index is -4.34. The minimum Gasteiger partial charge on any atom is -0.369 e. The van der Waals surface area contributed by atoms with Gasteiger partial charge in [0, 0.05) is 31.9 Å². The predicted octanol–water partition coefficient (Wildman–Crippen LogP) is 3.91. The van der Waals surface area contributed by atoms with E-state index in [0.717, 1.165) is 17.3 Å². The monoisotopic (exact) mass is 434 g/mol. The minimum absolute atomic E-state index is 0.487. The van der Waals surface area contributed by atoms with Gasteiger partial charge in [-0.15, -0.1) is 0 Å². The molecule has 30 heavy (non-hydrogen) atoms. The summed E-state index contributed by atoms with van der Waals surface area (Å²) >= 11 is 5.51. The summed E-state index contributed by atoms with van der Waals surface area (Å²) in [6.45, 7) is 5.13. The van der Waals surface area contributed by atoms with Crippen LogP contribution < -0.4 is 4.90 Å². The van der Waals surface area contributed by atoms with Crippen molar-refractivity contribution in [2.75, 3.05) is 31.1 Å². The van der Waals surface area contributed by atoms with E-state index in [4.69, 9.17) is 12.2 Å². The molecule has 0 unspecified atom stereocenters. The zero-order valence-corrected chi connectivity index (χ0v) is 17.2. The van der Waals surface area contributed by atoms with Gasteiger partial charge in [0.25, 0.3) is 0 Å². The Morgan fingerprint density at radius 1 is 0.933 bits per heavy atom. The first kappa shape index (κ1) is 20.5. The Bertz CT molecular complexity index is 1070. The van der Waals surface area contributed by atoms with Crippen LogP contribution in [-0.4, -0.2) is 50.9 Å². The molecule has 0 bridgehead atoms. The van der Waals surface area contributed by atoms with Crippen molar-refractivity contribution >= 4 is 17.9 Å². The van der Waals surface area contributed by atoms with Crippen LogP contribution in [0.1, 0.15) is 11.1 Å². The molecule has 0 saturated carbocycles. The molecule has 10 heteroatoms. The highest BCUT2D eigenvalue weighted by molar-refractivity contribution is 7.71. The zero-order valence-electron chi connectivity index (χ0n) is 16.4. The maximum atomic E-state index is 13.0. The third-order valence-corrected chi connectivity index (χ3v) is 5.55. The molecule has 0 atom stereocenters. The Balaban J connectivity index is 1.40. The van der Waals surface area contributed by atoms with E-state index in [1.807, 2.05) is 36.1 Å². The largest absolute Gasteiger partial charge is 0.416 e. The first-order valence-electron chi connectivity index (χ1n) is 9.56. The molecule has 1 aromatic heterocycles. The Morgan fingerprint density at radius 2 is 1.63 bits per heavy atom. The molecule has 0 spiro atoms. The first-order chi connectivity index (χ1) is 14.3. The van der Waals surface area contributed by atoms with Crippen LogP contribution >= 0.6 is 12.2 Å². The zero-order chi connectivity index (χ0) is 21.3. The molecular weight excluding hydrogens is 413 g/mol. The molecule has 0 amide bonds. The third-order valence-electron chi connectivity index (χ3n) is 5.16. The molecule has 1 saturated heterocycles. The number of aryl methyl sites for hydroxylation is 1. The topological polar surface area (TPSA) is 42.1 Å². The van der Waals surface area contributed by atoms with Crippen molar-refractivity contribution in [1.29, 1.82) is 0 Å². The number of halogens is 3. The Hall–Kier alpha value is -2.72. The summed E-state index contributed by atoms with van der Waals surface area (Å²) in [4.78, 5) is 4.13. The maximum Gasteiger partial charge on any atom is 0.416 e. The van der Waals surface area contributed by atoms with Crippen LogP contribution in [-0.2, 0) is 12.8 Å². The second-order valence-corrected chi connectivity index (χ2v) is 7.67. The summed E-state index contributed by atoms with van der Waals surface area (Å²) in [5, 5.41) is 8.33. The van der Waals surface area contributed by atoms with E-state index in [1.54, 1.807) is 15.4 Å². The highest BCUT2D eigenvalue weighted by Gasteiger charge is 2.31. The summed E-state index contributed by atoms with van der Waals surface area (Å²) in [6, 6.07) is 13.3. The number of piperazine rings is 1. The van der Waals surface area contributed by atoms with Gasteiger partial charge in [-0.25, -0.2) is 4.68 Å². The molecule has 1 fully saturated rings. The van der Waals surface area contributed by atoms with E-state index in [1.165, 1.54) is 12.1 Å². The van der Waals surface area contributed by atoms with Gasteiger partial charge in [-0.3, -0.25) is 4.90 Å². The van der Waals surface area contributed by atoms with Crippen molar-refractivity contribution in [2.24, 2.45) is 0 Å². The van der Waals surface area contributed by atoms with Gasteiger partial charge in [-0.2, -0.15) is 17.9 Å². The fraction of sp³-hybridized carbons (Fsp3) is 0.350. The van der Waals surface area contributed by atoms with Crippen molar-refractivity contribution in [1.82, 2.24) is 24.7 Å². The number of hydrogen-bond acceptors (Lipinski definition) is 5. The summed E-state index contributed by atoms with van der Waals surface area (Å²) < 4.78 is 42.7. The van der Waals surface area contributed by atoms with Gasteiger partial charge in [0.05, 0.1) is 17.9 Å². The lowest BCUT2D eigenvalue weighted by molar-refractivity contribution is -0.137. The second kappa shape index (κ2) is 8.19. The fourth-order valence-electron chi connectivity index (χ4n) is 3.43. The average Bonchev–Trinajstić information content (AvgIpc) is 3.09. The van der Waals surface area contributed by atoms with Crippen molar-refractivity contribution in [3.8, 4) is 5.69 Å². The highest BCUT2D eigenvalue weighted by atomic mass is 32.1. The van der Waals surface area contributed by atoms with Crippen LogP contribution in [0.4, 0.5) is 18.9 Å². The van der Waals surface area contributed by atoms with Gasteiger partial charge >= 0.3 is 6.18 Å². The number of alkyl halides is 3. The molecule has 158 valence electrons. The van der Waals surface area contributed by atoms with Gasteiger partial charge in [0.1, 0.15) is 0 Å². The van der Waals surface area contributed by atoms with Gasteiger partial charge in [0.2, 0.25) is 4.77 Å². The van der Waals surface area contributed by atoms with Crippen LogP contribution in [0, 0.1) is 11.7 Å². The number of nitrogens with zero attached hydrogens (tertiary/aromatic N) is 6. The number of rotatable bonds is 4. The normalized spacial score (nSPS) is 15.5. The number of tetrazole rings is 1. The maximum absolute atomic E-state index is 13.0. The standard InChI is InChI=1S/C20H21F3N6S/c1-15-5-7-17(8-6-15)29-19(30)28(24-25-29)14-26-9-11-27(12-10-26)18-4-2-3-16(13-18)20(21,22)23/h2-8,13H,9-12,14H2,1H3. The van der Waals surface area contributed by atoms with Crippen molar-refractivity contribution < 1.29 is 13.2 Å². The molecule has 1 aliphatic rings. The van der Waals surface area contributed by atoms with E-state index < -0.39 is 11.7 Å². The highest BCUT2D eigenvalue weighted by Crippen LogP contribution is 2.31. The quantitative estimate of drug-likeness (QED) is 0.583.